The summed E-state index contributed by atoms with van der Waals surface area (Å²) in [7, 11) is 0. The number of nitrogens with two attached hydrogens (primary N) is 2. The zero-order valence-corrected chi connectivity index (χ0v) is 23.3. The molecule has 1 aliphatic heterocycles. The van der Waals surface area contributed by atoms with E-state index in [9.17, 15) is 29.1 Å². The lowest BCUT2D eigenvalue weighted by atomic mass is 10.0. The maximum atomic E-state index is 13.4. The molecule has 3 atom stereocenters. The number of rotatable bonds is 13. The second kappa shape index (κ2) is 14.3. The molecule has 12 heteroatoms. The van der Waals surface area contributed by atoms with Crippen LogP contribution in [0.25, 0.3) is 0 Å². The maximum absolute atomic E-state index is 13.4. The predicted octanol–water partition coefficient (Wildman–Crippen LogP) is -0.366. The van der Waals surface area contributed by atoms with E-state index in [1.165, 1.54) is 21.9 Å². The Hall–Kier alpha value is -4.45. The van der Waals surface area contributed by atoms with Crippen LogP contribution in [-0.2, 0) is 36.8 Å². The Balaban J connectivity index is 1.59. The number of phenols is 1. The molecular weight excluding hydrogens is 528 g/mol. The van der Waals surface area contributed by atoms with Gasteiger partial charge in [0.15, 0.2) is 0 Å². The summed E-state index contributed by atoms with van der Waals surface area (Å²) in [4.78, 5) is 66.3. The van der Waals surface area contributed by atoms with Gasteiger partial charge in [-0.1, -0.05) is 56.3 Å². The van der Waals surface area contributed by atoms with Crippen molar-refractivity contribution >= 4 is 29.5 Å². The summed E-state index contributed by atoms with van der Waals surface area (Å²) in [5.41, 5.74) is 13.1. The lowest BCUT2D eigenvalue weighted by molar-refractivity contribution is -0.137. The van der Waals surface area contributed by atoms with E-state index in [1.54, 1.807) is 12.1 Å². The molecule has 0 spiro atoms. The van der Waals surface area contributed by atoms with Crippen molar-refractivity contribution < 1.29 is 29.1 Å². The molecule has 220 valence electrons. The SMILES string of the molecule is CC(C)C[C@@H](C(N)=O)N1CN(C(=O)CNC(=O)CNC(=O)[C@@H](N)Cc2ccc(O)cc2)[C@@H](Cc2ccccc2)C1=O. The Bertz CT molecular complexity index is 1240. The van der Waals surface area contributed by atoms with Crippen molar-refractivity contribution in [2.45, 2.75) is 51.2 Å². The summed E-state index contributed by atoms with van der Waals surface area (Å²) in [5.74, 6) is -2.52. The van der Waals surface area contributed by atoms with Gasteiger partial charge >= 0.3 is 0 Å². The summed E-state index contributed by atoms with van der Waals surface area (Å²) in [6, 6.07) is 12.8. The van der Waals surface area contributed by atoms with E-state index in [2.05, 4.69) is 10.6 Å². The van der Waals surface area contributed by atoms with Gasteiger partial charge in [-0.05, 0) is 42.0 Å². The van der Waals surface area contributed by atoms with Crippen LogP contribution in [0.2, 0.25) is 0 Å². The highest BCUT2D eigenvalue weighted by Gasteiger charge is 2.45. The standard InChI is InChI=1S/C29H38N6O6/c1-18(2)12-23(27(31)39)35-17-34(24(29(35)41)14-19-6-4-3-5-7-19)26(38)16-32-25(37)15-33-28(40)22(30)13-20-8-10-21(36)11-9-20/h3-11,18,22-24,36H,12-17,30H2,1-2H3,(H2,31,39)(H,32,37)(H,33,40)/t22-,23-,24-/m0/s1. The van der Waals surface area contributed by atoms with Crippen LogP contribution in [0.4, 0.5) is 0 Å². The number of hydrogen-bond donors (Lipinski definition) is 5. The van der Waals surface area contributed by atoms with E-state index in [-0.39, 0.29) is 37.1 Å². The third-order valence-corrected chi connectivity index (χ3v) is 6.83. The van der Waals surface area contributed by atoms with Gasteiger partial charge in [0, 0.05) is 6.42 Å². The molecule has 3 rings (SSSR count). The van der Waals surface area contributed by atoms with Gasteiger partial charge in [0.25, 0.3) is 0 Å². The van der Waals surface area contributed by atoms with Gasteiger partial charge in [0.05, 0.1) is 25.8 Å². The Morgan fingerprint density at radius 3 is 2.24 bits per heavy atom. The fourth-order valence-corrected chi connectivity index (χ4v) is 4.66. The molecule has 0 aliphatic carbocycles. The number of nitrogens with one attached hydrogen (secondary N) is 2. The fraction of sp³-hybridized carbons (Fsp3) is 0.414. The van der Waals surface area contributed by atoms with Crippen molar-refractivity contribution in [2.75, 3.05) is 19.8 Å². The minimum atomic E-state index is -0.918. The molecule has 0 bridgehead atoms. The molecule has 5 amide bonds. The molecule has 0 saturated carbocycles. The van der Waals surface area contributed by atoms with Gasteiger partial charge in [-0.2, -0.15) is 0 Å². The van der Waals surface area contributed by atoms with Gasteiger partial charge in [-0.3, -0.25) is 24.0 Å². The molecule has 0 radical (unpaired) electrons. The maximum Gasteiger partial charge on any atom is 0.247 e. The quantitative estimate of drug-likeness (QED) is 0.219. The zero-order chi connectivity index (χ0) is 30.1. The van der Waals surface area contributed by atoms with E-state index in [0.29, 0.717) is 6.42 Å². The molecule has 41 heavy (non-hydrogen) atoms. The molecule has 1 heterocycles. The predicted molar refractivity (Wildman–Crippen MR) is 151 cm³/mol. The van der Waals surface area contributed by atoms with Crippen LogP contribution >= 0.6 is 0 Å². The van der Waals surface area contributed by atoms with Gasteiger partial charge in [-0.25, -0.2) is 0 Å². The number of primary amides is 1. The number of carbonyl (C=O) groups excluding carboxylic acids is 5. The van der Waals surface area contributed by atoms with Crippen molar-refractivity contribution in [1.82, 2.24) is 20.4 Å². The smallest absolute Gasteiger partial charge is 0.247 e. The Morgan fingerprint density at radius 2 is 1.63 bits per heavy atom. The van der Waals surface area contributed by atoms with Crippen molar-refractivity contribution in [1.29, 1.82) is 0 Å². The van der Waals surface area contributed by atoms with Crippen molar-refractivity contribution in [3.8, 4) is 5.75 Å². The Labute approximate surface area is 239 Å². The molecule has 1 aliphatic rings. The van der Waals surface area contributed by atoms with Gasteiger partial charge in [-0.15, -0.1) is 0 Å². The third kappa shape index (κ3) is 8.77. The van der Waals surface area contributed by atoms with E-state index in [4.69, 9.17) is 11.5 Å². The van der Waals surface area contributed by atoms with Crippen LogP contribution < -0.4 is 22.1 Å². The monoisotopic (exact) mass is 566 g/mol. The Morgan fingerprint density at radius 1 is 0.976 bits per heavy atom. The average molecular weight is 567 g/mol. The Kier molecular flexibility index (Phi) is 10.8. The van der Waals surface area contributed by atoms with Crippen LogP contribution in [0.3, 0.4) is 0 Å². The van der Waals surface area contributed by atoms with Crippen molar-refractivity contribution in [2.24, 2.45) is 17.4 Å². The van der Waals surface area contributed by atoms with Gasteiger partial charge < -0.3 is 37.0 Å². The number of phenolic OH excluding ortho intramolecular Hbond substituents is 1. The summed E-state index contributed by atoms with van der Waals surface area (Å²) in [6.07, 6.45) is 0.794. The molecule has 2 aromatic carbocycles. The number of amides is 5. The van der Waals surface area contributed by atoms with Gasteiger partial charge in [0.2, 0.25) is 29.5 Å². The number of aromatic hydroxyl groups is 1. The largest absolute Gasteiger partial charge is 0.508 e. The minimum absolute atomic E-state index is 0.0846. The summed E-state index contributed by atoms with van der Waals surface area (Å²) < 4.78 is 0. The topological polar surface area (TPSA) is 188 Å². The van der Waals surface area contributed by atoms with Crippen LogP contribution in [0.5, 0.6) is 5.75 Å². The first-order valence-electron chi connectivity index (χ1n) is 13.5. The molecule has 0 aromatic heterocycles. The van der Waals surface area contributed by atoms with E-state index < -0.39 is 54.8 Å². The molecule has 0 unspecified atom stereocenters. The average Bonchev–Trinajstić information content (AvgIpc) is 3.25. The van der Waals surface area contributed by atoms with Crippen molar-refractivity contribution in [3.05, 3.63) is 65.7 Å². The summed E-state index contributed by atoms with van der Waals surface area (Å²) >= 11 is 0. The lowest BCUT2D eigenvalue weighted by Gasteiger charge is -2.26. The number of carbonyl (C=O) groups is 5. The van der Waals surface area contributed by atoms with Crippen molar-refractivity contribution in [3.63, 3.8) is 0 Å². The summed E-state index contributed by atoms with van der Waals surface area (Å²) in [6.45, 7) is 2.89. The number of benzene rings is 2. The molecule has 1 saturated heterocycles. The van der Waals surface area contributed by atoms with E-state index in [0.717, 1.165) is 11.1 Å². The summed E-state index contributed by atoms with van der Waals surface area (Å²) in [5, 5.41) is 14.3. The van der Waals surface area contributed by atoms with E-state index in [1.807, 2.05) is 44.2 Å². The highest BCUT2D eigenvalue weighted by molar-refractivity contribution is 5.96. The van der Waals surface area contributed by atoms with Crippen LogP contribution in [0.1, 0.15) is 31.4 Å². The number of hydrogen-bond acceptors (Lipinski definition) is 7. The minimum Gasteiger partial charge on any atom is -0.508 e. The second-order valence-electron chi connectivity index (χ2n) is 10.5. The molecule has 12 nitrogen and oxygen atoms in total. The normalized spacial score (nSPS) is 16.4. The molecule has 2 aromatic rings. The fourth-order valence-electron chi connectivity index (χ4n) is 4.66. The van der Waals surface area contributed by atoms with E-state index >= 15 is 0 Å². The zero-order valence-electron chi connectivity index (χ0n) is 23.3. The second-order valence-corrected chi connectivity index (χ2v) is 10.5. The molecule has 7 N–H and O–H groups in total. The van der Waals surface area contributed by atoms with Crippen LogP contribution in [0.15, 0.2) is 54.6 Å². The first-order valence-corrected chi connectivity index (χ1v) is 13.5. The molecule has 1 fully saturated rings. The van der Waals surface area contributed by atoms with Crippen LogP contribution in [-0.4, -0.2) is 82.3 Å². The molecular formula is C29H38N6O6. The number of nitrogens with zero attached hydrogens (tertiary/aromatic N) is 2. The van der Waals surface area contributed by atoms with Crippen LogP contribution in [0, 0.1) is 5.92 Å². The van der Waals surface area contributed by atoms with Gasteiger partial charge in [0.1, 0.15) is 17.8 Å². The lowest BCUT2D eigenvalue weighted by Crippen LogP contribution is -2.49. The third-order valence-electron chi connectivity index (χ3n) is 6.83. The first-order chi connectivity index (χ1) is 19.5. The highest BCUT2D eigenvalue weighted by atomic mass is 16.3. The first kappa shape index (κ1) is 31.1. The highest BCUT2D eigenvalue weighted by Crippen LogP contribution is 2.24.